The zero-order valence-corrected chi connectivity index (χ0v) is 24.7. The van der Waals surface area contributed by atoms with Gasteiger partial charge in [-0.25, -0.2) is 0 Å². The second kappa shape index (κ2) is 23.7. The van der Waals surface area contributed by atoms with Crippen LogP contribution in [0.1, 0.15) is 199 Å². The Kier molecular flexibility index (Phi) is 22.3. The fourth-order valence-electron chi connectivity index (χ4n) is 5.92. The van der Waals surface area contributed by atoms with Crippen molar-refractivity contribution in [1.29, 1.82) is 0 Å². The highest BCUT2D eigenvalue weighted by Gasteiger charge is 2.45. The molecule has 0 radical (unpaired) electrons. The van der Waals surface area contributed by atoms with E-state index in [2.05, 4.69) is 0 Å². The van der Waals surface area contributed by atoms with Gasteiger partial charge in [-0.1, -0.05) is 173 Å². The van der Waals surface area contributed by atoms with Gasteiger partial charge in [0.2, 0.25) is 11.6 Å². The Morgan fingerprint density at radius 1 is 0.189 bits per heavy atom. The van der Waals surface area contributed by atoms with Gasteiger partial charge >= 0.3 is 0 Å². The van der Waals surface area contributed by atoms with E-state index in [4.69, 9.17) is 0 Å². The summed E-state index contributed by atoms with van der Waals surface area (Å²) in [5.41, 5.74) is 0. The van der Waals surface area contributed by atoms with Crippen molar-refractivity contribution in [2.75, 3.05) is 0 Å². The lowest BCUT2D eigenvalue weighted by Crippen LogP contribution is -2.54. The fraction of sp³-hybridized carbons (Fsp3) is 1.00. The number of rotatable bonds is 0. The van der Waals surface area contributed by atoms with Crippen molar-refractivity contribution in [2.45, 2.75) is 211 Å². The predicted octanol–water partition coefficient (Wildman–Crippen LogP) is 9.45. The van der Waals surface area contributed by atoms with E-state index in [0.717, 1.165) is 25.7 Å². The summed E-state index contributed by atoms with van der Waals surface area (Å²) >= 11 is 0. The molecular formula is C33H66O4. The minimum absolute atomic E-state index is 0.0278. The molecule has 0 unspecified atom stereocenters. The molecule has 1 saturated carbocycles. The van der Waals surface area contributed by atoms with E-state index in [9.17, 15) is 20.4 Å². The summed E-state index contributed by atoms with van der Waals surface area (Å²) in [5, 5.41) is 41.1. The second-order valence-corrected chi connectivity index (χ2v) is 12.4. The van der Waals surface area contributed by atoms with Crippen LogP contribution in [-0.4, -0.2) is 32.0 Å². The van der Waals surface area contributed by atoms with Crippen LogP contribution in [0.3, 0.4) is 0 Å². The Morgan fingerprint density at radius 2 is 0.297 bits per heavy atom. The third-order valence-corrected chi connectivity index (χ3v) is 8.69. The van der Waals surface area contributed by atoms with Crippen LogP contribution < -0.4 is 0 Å². The van der Waals surface area contributed by atoms with Gasteiger partial charge in [0.15, 0.2) is 0 Å². The summed E-state index contributed by atoms with van der Waals surface area (Å²) in [6, 6.07) is 0. The third-order valence-electron chi connectivity index (χ3n) is 8.69. The highest BCUT2D eigenvalue weighted by Crippen LogP contribution is 2.29. The third kappa shape index (κ3) is 20.4. The predicted molar refractivity (Wildman–Crippen MR) is 157 cm³/mol. The Balaban J connectivity index is 2.23. The molecule has 1 aliphatic carbocycles. The van der Waals surface area contributed by atoms with Gasteiger partial charge in [0.1, 0.15) is 0 Å². The average molecular weight is 527 g/mol. The van der Waals surface area contributed by atoms with Gasteiger partial charge in [-0.3, -0.25) is 0 Å². The molecule has 4 heteroatoms. The first-order valence-electron chi connectivity index (χ1n) is 16.9. The highest BCUT2D eigenvalue weighted by molar-refractivity contribution is 4.82. The quantitative estimate of drug-likeness (QED) is 0.237. The van der Waals surface area contributed by atoms with E-state index < -0.39 is 11.6 Å². The van der Waals surface area contributed by atoms with E-state index in [1.807, 2.05) is 0 Å². The van der Waals surface area contributed by atoms with E-state index in [-0.39, 0.29) is 12.8 Å². The van der Waals surface area contributed by atoms with Gasteiger partial charge in [-0.05, 0) is 12.8 Å². The highest BCUT2D eigenvalue weighted by atomic mass is 16.6. The van der Waals surface area contributed by atoms with Crippen molar-refractivity contribution >= 4 is 0 Å². The molecule has 0 aromatic rings. The average Bonchev–Trinajstić information content (AvgIpc) is 2.86. The SMILES string of the molecule is OC1(O)CCCCCCCCCCCCCCCCCCCCCCCCCCCCCCCC1(O)O. The van der Waals surface area contributed by atoms with Crippen LogP contribution in [0.2, 0.25) is 0 Å². The van der Waals surface area contributed by atoms with Crippen LogP contribution in [0.5, 0.6) is 0 Å². The van der Waals surface area contributed by atoms with Crippen molar-refractivity contribution in [2.24, 2.45) is 0 Å². The normalized spacial score (nSPS) is 25.6. The largest absolute Gasteiger partial charge is 0.361 e. The maximum absolute atomic E-state index is 10.3. The van der Waals surface area contributed by atoms with Crippen molar-refractivity contribution in [3.05, 3.63) is 0 Å². The number of aliphatic hydroxyl groups is 4. The Hall–Kier alpha value is -0.160. The molecule has 37 heavy (non-hydrogen) atoms. The molecule has 0 bridgehead atoms. The second-order valence-electron chi connectivity index (χ2n) is 12.4. The number of hydrogen-bond acceptors (Lipinski definition) is 4. The van der Waals surface area contributed by atoms with Gasteiger partial charge in [0, 0.05) is 12.8 Å². The van der Waals surface area contributed by atoms with E-state index in [0.29, 0.717) is 12.8 Å². The topological polar surface area (TPSA) is 80.9 Å². The van der Waals surface area contributed by atoms with Crippen LogP contribution >= 0.6 is 0 Å². The molecule has 0 heterocycles. The van der Waals surface area contributed by atoms with Crippen molar-refractivity contribution in [3.63, 3.8) is 0 Å². The van der Waals surface area contributed by atoms with Gasteiger partial charge in [0.05, 0.1) is 0 Å². The molecule has 0 aliphatic heterocycles. The zero-order chi connectivity index (χ0) is 26.9. The van der Waals surface area contributed by atoms with Crippen molar-refractivity contribution in [1.82, 2.24) is 0 Å². The van der Waals surface area contributed by atoms with E-state index in [1.54, 1.807) is 0 Å². The summed E-state index contributed by atoms with van der Waals surface area (Å²) in [4.78, 5) is 0. The lowest BCUT2D eigenvalue weighted by Gasteiger charge is -2.35. The first-order chi connectivity index (χ1) is 18.0. The molecule has 0 spiro atoms. The van der Waals surface area contributed by atoms with E-state index >= 15 is 0 Å². The van der Waals surface area contributed by atoms with Gasteiger partial charge in [-0.2, -0.15) is 0 Å². The minimum Gasteiger partial charge on any atom is -0.361 e. The molecule has 222 valence electrons. The van der Waals surface area contributed by atoms with Gasteiger partial charge < -0.3 is 20.4 Å². The van der Waals surface area contributed by atoms with Crippen molar-refractivity contribution < 1.29 is 20.4 Å². The maximum atomic E-state index is 10.3. The Labute approximate surface area is 231 Å². The first-order valence-corrected chi connectivity index (χ1v) is 16.9. The Bertz CT molecular complexity index is 435. The molecule has 4 N–H and O–H groups in total. The molecule has 0 aromatic heterocycles. The molecule has 0 atom stereocenters. The van der Waals surface area contributed by atoms with Gasteiger partial charge in [0.25, 0.3) is 0 Å². The lowest BCUT2D eigenvalue weighted by molar-refractivity contribution is -0.361. The molecule has 0 saturated heterocycles. The van der Waals surface area contributed by atoms with Crippen molar-refractivity contribution in [3.8, 4) is 0 Å². The van der Waals surface area contributed by atoms with Crippen LogP contribution in [0, 0.1) is 0 Å². The summed E-state index contributed by atoms with van der Waals surface area (Å²) in [5.74, 6) is -4.82. The molecule has 0 aromatic carbocycles. The van der Waals surface area contributed by atoms with Crippen LogP contribution in [0.4, 0.5) is 0 Å². The van der Waals surface area contributed by atoms with Gasteiger partial charge in [-0.15, -0.1) is 0 Å². The monoisotopic (exact) mass is 526 g/mol. The minimum atomic E-state index is -2.41. The lowest BCUT2D eigenvalue weighted by atomic mass is 9.93. The molecule has 1 rings (SSSR count). The smallest absolute Gasteiger partial charge is 0.218 e. The maximum Gasteiger partial charge on any atom is 0.218 e. The van der Waals surface area contributed by atoms with Crippen LogP contribution in [0.25, 0.3) is 0 Å². The van der Waals surface area contributed by atoms with Crippen LogP contribution in [0.15, 0.2) is 0 Å². The summed E-state index contributed by atoms with van der Waals surface area (Å²) < 4.78 is 0. The zero-order valence-electron chi connectivity index (χ0n) is 24.7. The molecule has 0 amide bonds. The molecule has 1 aliphatic rings. The van der Waals surface area contributed by atoms with Crippen LogP contribution in [-0.2, 0) is 0 Å². The molecule has 1 fully saturated rings. The summed E-state index contributed by atoms with van der Waals surface area (Å²) in [6.07, 6.45) is 36.7. The summed E-state index contributed by atoms with van der Waals surface area (Å²) in [6.45, 7) is 0. The number of hydrogen-bond donors (Lipinski definition) is 4. The standard InChI is InChI=1S/C33H66O4/c34-32(35)30-28-26-24-22-20-18-16-14-12-10-8-6-4-2-1-3-5-7-9-11-13-15-17-19-21-23-25-27-29-31-33(32,36)37/h34-37H,1-31H2. The fourth-order valence-corrected chi connectivity index (χ4v) is 5.92. The van der Waals surface area contributed by atoms with E-state index in [1.165, 1.54) is 148 Å². The first kappa shape index (κ1) is 34.9. The molecule has 4 nitrogen and oxygen atoms in total. The molecular weight excluding hydrogens is 460 g/mol. The Morgan fingerprint density at radius 3 is 0.432 bits per heavy atom. The summed E-state index contributed by atoms with van der Waals surface area (Å²) in [7, 11) is 0.